The second-order valence-electron chi connectivity index (χ2n) is 5.84. The van der Waals surface area contributed by atoms with Crippen molar-refractivity contribution < 1.29 is 10.2 Å². The van der Waals surface area contributed by atoms with E-state index in [4.69, 9.17) is 0 Å². The van der Waals surface area contributed by atoms with E-state index in [-0.39, 0.29) is 0 Å². The second kappa shape index (κ2) is 5.83. The molecular weight excluding hydrogens is 212 g/mol. The maximum Gasteiger partial charge on any atom is 0.106 e. The zero-order valence-electron chi connectivity index (χ0n) is 11.5. The van der Waals surface area contributed by atoms with Gasteiger partial charge in [0.15, 0.2) is 0 Å². The van der Waals surface area contributed by atoms with Gasteiger partial charge in [-0.05, 0) is 51.9 Å². The third-order valence-corrected chi connectivity index (χ3v) is 3.76. The molecule has 1 rings (SSSR count). The van der Waals surface area contributed by atoms with Crippen LogP contribution in [0, 0.1) is 11.8 Å². The van der Waals surface area contributed by atoms with Crippen LogP contribution in [0.5, 0.6) is 0 Å². The SMILES string of the molecule is CC(C)=CCC[C@H](C)[C@@H]1C=C[C@@](C)(O)[C@H](O)C1. The molecule has 0 aliphatic heterocycles. The van der Waals surface area contributed by atoms with Crippen LogP contribution >= 0.6 is 0 Å². The molecule has 17 heavy (non-hydrogen) atoms. The van der Waals surface area contributed by atoms with Crippen LogP contribution in [0.25, 0.3) is 0 Å². The third kappa shape index (κ3) is 4.29. The minimum absolute atomic E-state index is 0.385. The highest BCUT2D eigenvalue weighted by Crippen LogP contribution is 2.32. The first kappa shape index (κ1) is 14.5. The minimum Gasteiger partial charge on any atom is -0.390 e. The van der Waals surface area contributed by atoms with E-state index in [9.17, 15) is 10.2 Å². The predicted octanol–water partition coefficient (Wildman–Crippen LogP) is 3.06. The van der Waals surface area contributed by atoms with Gasteiger partial charge in [0.25, 0.3) is 0 Å². The van der Waals surface area contributed by atoms with Crippen LogP contribution in [0.4, 0.5) is 0 Å². The van der Waals surface area contributed by atoms with Crippen molar-refractivity contribution in [3.05, 3.63) is 23.8 Å². The van der Waals surface area contributed by atoms with E-state index in [1.807, 2.05) is 0 Å². The van der Waals surface area contributed by atoms with Crippen molar-refractivity contribution in [1.29, 1.82) is 0 Å². The van der Waals surface area contributed by atoms with Crippen molar-refractivity contribution in [2.24, 2.45) is 11.8 Å². The molecule has 98 valence electrons. The van der Waals surface area contributed by atoms with Crippen LogP contribution in [-0.4, -0.2) is 21.9 Å². The summed E-state index contributed by atoms with van der Waals surface area (Å²) in [4.78, 5) is 0. The first-order valence-electron chi connectivity index (χ1n) is 6.56. The molecule has 0 saturated heterocycles. The fraction of sp³-hybridized carbons (Fsp3) is 0.733. The molecule has 0 amide bonds. The van der Waals surface area contributed by atoms with E-state index in [0.29, 0.717) is 18.3 Å². The molecule has 0 unspecified atom stereocenters. The highest BCUT2D eigenvalue weighted by Gasteiger charge is 2.34. The molecule has 0 fully saturated rings. The van der Waals surface area contributed by atoms with Crippen molar-refractivity contribution in [2.45, 2.75) is 58.7 Å². The van der Waals surface area contributed by atoms with Gasteiger partial charge in [-0.1, -0.05) is 30.7 Å². The average Bonchev–Trinajstić information content (AvgIpc) is 2.21. The van der Waals surface area contributed by atoms with Gasteiger partial charge in [0.2, 0.25) is 0 Å². The van der Waals surface area contributed by atoms with Gasteiger partial charge in [0.1, 0.15) is 5.60 Å². The van der Waals surface area contributed by atoms with E-state index in [0.717, 1.165) is 12.8 Å². The second-order valence-corrected chi connectivity index (χ2v) is 5.84. The Morgan fingerprint density at radius 3 is 2.71 bits per heavy atom. The lowest BCUT2D eigenvalue weighted by Crippen LogP contribution is -2.42. The molecule has 2 N–H and O–H groups in total. The van der Waals surface area contributed by atoms with Crippen molar-refractivity contribution >= 4 is 0 Å². The standard InChI is InChI=1S/C15H26O2/c1-11(2)6-5-7-12(3)13-8-9-15(4,17)14(16)10-13/h6,8-9,12-14,16-17H,5,7,10H2,1-4H3/t12-,13+,14+,15+/m0/s1. The first-order valence-corrected chi connectivity index (χ1v) is 6.56. The van der Waals surface area contributed by atoms with E-state index in [2.05, 4.69) is 32.9 Å². The molecule has 2 nitrogen and oxygen atoms in total. The average molecular weight is 238 g/mol. The number of rotatable bonds is 4. The fourth-order valence-corrected chi connectivity index (χ4v) is 2.28. The summed E-state index contributed by atoms with van der Waals surface area (Å²) in [6.07, 6.45) is 8.34. The molecule has 0 saturated carbocycles. The summed E-state index contributed by atoms with van der Waals surface area (Å²) in [5.74, 6) is 0.934. The Labute approximate surface area is 105 Å². The Hall–Kier alpha value is -0.600. The quantitative estimate of drug-likeness (QED) is 0.739. The zero-order valence-corrected chi connectivity index (χ0v) is 11.5. The molecule has 0 radical (unpaired) electrons. The number of hydrogen-bond donors (Lipinski definition) is 2. The van der Waals surface area contributed by atoms with Gasteiger partial charge >= 0.3 is 0 Å². The summed E-state index contributed by atoms with van der Waals surface area (Å²) in [6.45, 7) is 8.12. The molecule has 0 aromatic carbocycles. The Morgan fingerprint density at radius 2 is 2.18 bits per heavy atom. The van der Waals surface area contributed by atoms with Crippen LogP contribution in [0.1, 0.15) is 47.0 Å². The molecular formula is C15H26O2. The maximum atomic E-state index is 9.86. The number of aliphatic hydroxyl groups excluding tert-OH is 1. The monoisotopic (exact) mass is 238 g/mol. The van der Waals surface area contributed by atoms with Gasteiger partial charge in [-0.15, -0.1) is 0 Å². The highest BCUT2D eigenvalue weighted by molar-refractivity contribution is 5.11. The van der Waals surface area contributed by atoms with E-state index < -0.39 is 11.7 Å². The van der Waals surface area contributed by atoms with Crippen molar-refractivity contribution in [1.82, 2.24) is 0 Å². The molecule has 0 heterocycles. The van der Waals surface area contributed by atoms with Crippen LogP contribution in [0.2, 0.25) is 0 Å². The van der Waals surface area contributed by atoms with Gasteiger partial charge in [-0.25, -0.2) is 0 Å². The molecule has 0 aromatic rings. The predicted molar refractivity (Wildman–Crippen MR) is 71.7 cm³/mol. The summed E-state index contributed by atoms with van der Waals surface area (Å²) in [5, 5.41) is 19.7. The lowest BCUT2D eigenvalue weighted by atomic mass is 9.77. The number of hydrogen-bond acceptors (Lipinski definition) is 2. The molecule has 0 bridgehead atoms. The minimum atomic E-state index is -1.05. The summed E-state index contributed by atoms with van der Waals surface area (Å²) in [5.41, 5.74) is 0.315. The topological polar surface area (TPSA) is 40.5 Å². The van der Waals surface area contributed by atoms with E-state index >= 15 is 0 Å². The lowest BCUT2D eigenvalue weighted by molar-refractivity contribution is -0.0455. The van der Waals surface area contributed by atoms with Gasteiger partial charge < -0.3 is 10.2 Å². The lowest BCUT2D eigenvalue weighted by Gasteiger charge is -2.35. The Kier molecular flexibility index (Phi) is 4.96. The van der Waals surface area contributed by atoms with Crippen LogP contribution in [-0.2, 0) is 0 Å². The van der Waals surface area contributed by atoms with Crippen molar-refractivity contribution in [3.63, 3.8) is 0 Å². The third-order valence-electron chi connectivity index (χ3n) is 3.76. The van der Waals surface area contributed by atoms with Gasteiger partial charge in [-0.2, -0.15) is 0 Å². The summed E-state index contributed by atoms with van der Waals surface area (Å²) < 4.78 is 0. The molecule has 0 spiro atoms. The van der Waals surface area contributed by atoms with Crippen LogP contribution in [0.15, 0.2) is 23.8 Å². The van der Waals surface area contributed by atoms with Crippen molar-refractivity contribution in [3.8, 4) is 0 Å². The number of allylic oxidation sites excluding steroid dienone is 3. The van der Waals surface area contributed by atoms with Crippen LogP contribution in [0.3, 0.4) is 0 Å². The molecule has 4 atom stereocenters. The van der Waals surface area contributed by atoms with E-state index in [1.165, 1.54) is 5.57 Å². The molecule has 0 aromatic heterocycles. The molecule has 2 heteroatoms. The highest BCUT2D eigenvalue weighted by atomic mass is 16.3. The summed E-state index contributed by atoms with van der Waals surface area (Å²) >= 11 is 0. The summed E-state index contributed by atoms with van der Waals surface area (Å²) in [7, 11) is 0. The smallest absolute Gasteiger partial charge is 0.106 e. The van der Waals surface area contributed by atoms with Gasteiger partial charge in [-0.3, -0.25) is 0 Å². The van der Waals surface area contributed by atoms with Gasteiger partial charge in [0, 0.05) is 0 Å². The number of aliphatic hydroxyl groups is 2. The van der Waals surface area contributed by atoms with E-state index in [1.54, 1.807) is 13.0 Å². The molecule has 1 aliphatic carbocycles. The normalized spacial score (nSPS) is 34.5. The zero-order chi connectivity index (χ0) is 13.1. The fourth-order valence-electron chi connectivity index (χ4n) is 2.28. The molecule has 1 aliphatic rings. The summed E-state index contributed by atoms with van der Waals surface area (Å²) in [6, 6.07) is 0. The Bertz CT molecular complexity index is 298. The van der Waals surface area contributed by atoms with Gasteiger partial charge in [0.05, 0.1) is 6.10 Å². The first-order chi connectivity index (χ1) is 7.83. The largest absolute Gasteiger partial charge is 0.390 e. The Morgan fingerprint density at radius 1 is 1.53 bits per heavy atom. The Balaban J connectivity index is 2.49. The maximum absolute atomic E-state index is 9.86. The van der Waals surface area contributed by atoms with Crippen molar-refractivity contribution in [2.75, 3.05) is 0 Å². The van der Waals surface area contributed by atoms with Crippen LogP contribution < -0.4 is 0 Å².